The average Bonchev–Trinajstić information content (AvgIpc) is 2.68. The maximum absolute atomic E-state index is 13.4. The van der Waals surface area contributed by atoms with Crippen molar-refractivity contribution in [3.8, 4) is 0 Å². The van der Waals surface area contributed by atoms with Gasteiger partial charge in [0.15, 0.2) is 10.8 Å². The topological polar surface area (TPSA) is 53.1 Å². The first-order valence-electron chi connectivity index (χ1n) is 9.56. The summed E-state index contributed by atoms with van der Waals surface area (Å²) < 4.78 is 40.1. The van der Waals surface area contributed by atoms with Crippen molar-refractivity contribution >= 4 is 29.1 Å². The van der Waals surface area contributed by atoms with E-state index in [0.29, 0.717) is 19.0 Å². The van der Waals surface area contributed by atoms with Gasteiger partial charge in [0, 0.05) is 19.2 Å². The molecule has 2 aromatic rings. The van der Waals surface area contributed by atoms with E-state index in [2.05, 4.69) is 27.5 Å². The Labute approximate surface area is 173 Å². The number of nitrogens with zero attached hydrogens (tertiary/aromatic N) is 3. The quantitative estimate of drug-likeness (QED) is 0.691. The molecule has 9 heteroatoms. The minimum Gasteiger partial charge on any atom is -0.356 e. The summed E-state index contributed by atoms with van der Waals surface area (Å²) in [5.74, 6) is 0.663. The summed E-state index contributed by atoms with van der Waals surface area (Å²) in [6.07, 6.45) is -2.73. The van der Waals surface area contributed by atoms with E-state index < -0.39 is 11.9 Å². The van der Waals surface area contributed by atoms with Crippen LogP contribution in [0.15, 0.2) is 36.4 Å². The Morgan fingerprint density at radius 1 is 1.17 bits per heavy atom. The highest BCUT2D eigenvalue weighted by molar-refractivity contribution is 7.80. The lowest BCUT2D eigenvalue weighted by molar-refractivity contribution is -0.141. The van der Waals surface area contributed by atoms with Crippen LogP contribution >= 0.6 is 12.2 Å². The molecule has 1 fully saturated rings. The second-order valence-corrected chi connectivity index (χ2v) is 7.74. The van der Waals surface area contributed by atoms with Crippen LogP contribution in [0.5, 0.6) is 0 Å². The number of alkyl halides is 3. The van der Waals surface area contributed by atoms with Gasteiger partial charge >= 0.3 is 6.18 Å². The number of hydrogen-bond donors (Lipinski definition) is 2. The lowest BCUT2D eigenvalue weighted by Crippen LogP contribution is -2.35. The molecule has 1 saturated heterocycles. The van der Waals surface area contributed by atoms with Gasteiger partial charge in [-0.2, -0.15) is 18.2 Å². The molecule has 1 atom stereocenters. The van der Waals surface area contributed by atoms with Crippen LogP contribution in [0.4, 0.5) is 24.9 Å². The Hall–Kier alpha value is -2.42. The molecule has 0 aliphatic carbocycles. The minimum atomic E-state index is -4.57. The van der Waals surface area contributed by atoms with Gasteiger partial charge in [-0.05, 0) is 43.5 Å². The highest BCUT2D eigenvalue weighted by atomic mass is 32.1. The Morgan fingerprint density at radius 2 is 1.83 bits per heavy atom. The Bertz CT molecular complexity index is 836. The maximum atomic E-state index is 13.4. The fourth-order valence-electron chi connectivity index (χ4n) is 3.19. The van der Waals surface area contributed by atoms with Crippen LogP contribution in [-0.2, 0) is 6.18 Å². The van der Waals surface area contributed by atoms with Crippen molar-refractivity contribution in [3.63, 3.8) is 0 Å². The fourth-order valence-corrected chi connectivity index (χ4v) is 3.46. The smallest absolute Gasteiger partial charge is 0.356 e. The zero-order chi connectivity index (χ0) is 21.0. The molecule has 0 bridgehead atoms. The van der Waals surface area contributed by atoms with Gasteiger partial charge in [0.05, 0.1) is 6.04 Å². The van der Waals surface area contributed by atoms with Gasteiger partial charge in [-0.3, -0.25) is 0 Å². The first-order valence-corrected chi connectivity index (χ1v) is 9.97. The fraction of sp³-hybridized carbons (Fsp3) is 0.450. The molecule has 1 aromatic carbocycles. The predicted octanol–water partition coefficient (Wildman–Crippen LogP) is 4.78. The number of anilines is 2. The molecule has 1 aliphatic rings. The Balaban J connectivity index is 1.76. The van der Waals surface area contributed by atoms with Crippen molar-refractivity contribution in [2.75, 3.05) is 23.3 Å². The second-order valence-electron chi connectivity index (χ2n) is 7.33. The highest BCUT2D eigenvalue weighted by Gasteiger charge is 2.34. The van der Waals surface area contributed by atoms with E-state index in [1.165, 1.54) is 0 Å². The van der Waals surface area contributed by atoms with E-state index in [0.717, 1.165) is 24.5 Å². The van der Waals surface area contributed by atoms with Crippen molar-refractivity contribution in [1.82, 2.24) is 15.3 Å². The summed E-state index contributed by atoms with van der Waals surface area (Å²) in [5, 5.41) is 5.93. The molecule has 2 heterocycles. The third-order valence-corrected chi connectivity index (χ3v) is 5.20. The lowest BCUT2D eigenvalue weighted by atomic mass is 9.99. The minimum absolute atomic E-state index is 0.120. The third-order valence-electron chi connectivity index (χ3n) is 4.98. The van der Waals surface area contributed by atoms with E-state index in [9.17, 15) is 13.2 Å². The van der Waals surface area contributed by atoms with Gasteiger partial charge in [0.1, 0.15) is 5.82 Å². The van der Waals surface area contributed by atoms with Gasteiger partial charge in [0.2, 0.25) is 5.95 Å². The third kappa shape index (κ3) is 5.79. The predicted molar refractivity (Wildman–Crippen MR) is 112 cm³/mol. The number of halogens is 3. The van der Waals surface area contributed by atoms with Gasteiger partial charge in [-0.15, -0.1) is 0 Å². The molecular formula is C20H24F3N5S. The van der Waals surface area contributed by atoms with E-state index in [-0.39, 0.29) is 22.9 Å². The summed E-state index contributed by atoms with van der Waals surface area (Å²) in [6.45, 7) is 5.39. The van der Waals surface area contributed by atoms with Crippen LogP contribution in [-0.4, -0.2) is 28.2 Å². The van der Waals surface area contributed by atoms with Gasteiger partial charge < -0.3 is 15.5 Å². The van der Waals surface area contributed by atoms with Crippen LogP contribution in [0.25, 0.3) is 0 Å². The highest BCUT2D eigenvalue weighted by Crippen LogP contribution is 2.31. The Morgan fingerprint density at radius 3 is 2.45 bits per heavy atom. The first kappa shape index (κ1) is 21.3. The number of piperidine rings is 1. The van der Waals surface area contributed by atoms with Gasteiger partial charge in [-0.1, -0.05) is 37.3 Å². The summed E-state index contributed by atoms with van der Waals surface area (Å²) in [6, 6.07) is 10.5. The molecule has 2 N–H and O–H groups in total. The van der Waals surface area contributed by atoms with Crippen molar-refractivity contribution in [1.29, 1.82) is 0 Å². The summed E-state index contributed by atoms with van der Waals surface area (Å²) >= 11 is 5.27. The van der Waals surface area contributed by atoms with Crippen molar-refractivity contribution in [2.24, 2.45) is 5.92 Å². The molecule has 0 amide bonds. The summed E-state index contributed by atoms with van der Waals surface area (Å²) in [4.78, 5) is 9.79. The van der Waals surface area contributed by atoms with Crippen LogP contribution < -0.4 is 15.5 Å². The molecule has 29 heavy (non-hydrogen) atoms. The van der Waals surface area contributed by atoms with Crippen molar-refractivity contribution in [3.05, 3.63) is 47.7 Å². The Kier molecular flexibility index (Phi) is 6.56. The maximum Gasteiger partial charge on any atom is 0.433 e. The summed E-state index contributed by atoms with van der Waals surface area (Å²) in [5.41, 5.74) is 0.0206. The first-order chi connectivity index (χ1) is 13.7. The number of hydrogen-bond acceptors (Lipinski definition) is 4. The monoisotopic (exact) mass is 423 g/mol. The average molecular weight is 424 g/mol. The SMILES string of the molecule is CC1CCN(c2cc(C(F)(F)F)nc(NC(=S)N[C@@H](C)c3ccccc3)n2)CC1. The van der Waals surface area contributed by atoms with Crippen LogP contribution in [0.1, 0.15) is 44.0 Å². The zero-order valence-electron chi connectivity index (χ0n) is 16.3. The van der Waals surface area contributed by atoms with E-state index >= 15 is 0 Å². The molecule has 1 aliphatic heterocycles. The molecular weight excluding hydrogens is 399 g/mol. The molecule has 0 saturated carbocycles. The summed E-state index contributed by atoms with van der Waals surface area (Å²) in [7, 11) is 0. The second kappa shape index (κ2) is 8.94. The molecule has 0 radical (unpaired) electrons. The molecule has 156 valence electrons. The lowest BCUT2D eigenvalue weighted by Gasteiger charge is -2.31. The van der Waals surface area contributed by atoms with Crippen molar-refractivity contribution in [2.45, 2.75) is 38.9 Å². The molecule has 5 nitrogen and oxygen atoms in total. The zero-order valence-corrected chi connectivity index (χ0v) is 17.1. The van der Waals surface area contributed by atoms with Crippen LogP contribution in [0.2, 0.25) is 0 Å². The number of thiocarbonyl (C=S) groups is 1. The molecule has 3 rings (SSSR count). The van der Waals surface area contributed by atoms with E-state index in [1.54, 1.807) is 0 Å². The van der Waals surface area contributed by atoms with Crippen LogP contribution in [0.3, 0.4) is 0 Å². The standard InChI is InChI=1S/C20H24F3N5S/c1-13-8-10-28(11-9-13)17-12-16(20(21,22)23)25-18(26-17)27-19(29)24-14(2)15-6-4-3-5-7-15/h3-7,12-14H,8-11H2,1-2H3,(H2,24,25,26,27,29)/t14-/m0/s1. The van der Waals surface area contributed by atoms with Crippen molar-refractivity contribution < 1.29 is 13.2 Å². The van der Waals surface area contributed by atoms with Crippen LogP contribution in [0, 0.1) is 5.92 Å². The van der Waals surface area contributed by atoms with E-state index in [1.807, 2.05) is 42.2 Å². The molecule has 1 aromatic heterocycles. The van der Waals surface area contributed by atoms with Gasteiger partial charge in [0.25, 0.3) is 0 Å². The molecule has 0 unspecified atom stereocenters. The number of rotatable bonds is 4. The number of nitrogens with one attached hydrogen (secondary N) is 2. The van der Waals surface area contributed by atoms with Gasteiger partial charge in [-0.25, -0.2) is 4.98 Å². The normalized spacial score (nSPS) is 16.4. The van der Waals surface area contributed by atoms with E-state index in [4.69, 9.17) is 12.2 Å². The largest absolute Gasteiger partial charge is 0.433 e. The molecule has 0 spiro atoms. The number of benzene rings is 1. The number of aromatic nitrogens is 2.